The number of furan rings is 1. The van der Waals surface area contributed by atoms with Gasteiger partial charge in [-0.2, -0.15) is 0 Å². The molecule has 1 aromatic heterocycles. The highest BCUT2D eigenvalue weighted by Gasteiger charge is 2.21. The van der Waals surface area contributed by atoms with Crippen LogP contribution in [-0.4, -0.2) is 36.6 Å². The first kappa shape index (κ1) is 26.0. The van der Waals surface area contributed by atoms with Gasteiger partial charge in [0.25, 0.3) is 0 Å². The van der Waals surface area contributed by atoms with Crippen LogP contribution in [0.4, 0.5) is 5.69 Å². The van der Waals surface area contributed by atoms with E-state index in [-0.39, 0.29) is 24.7 Å². The van der Waals surface area contributed by atoms with Crippen molar-refractivity contribution < 1.29 is 23.8 Å². The Morgan fingerprint density at radius 3 is 2.30 bits per heavy atom. The molecule has 0 aliphatic carbocycles. The van der Waals surface area contributed by atoms with Crippen LogP contribution >= 0.6 is 0 Å². The van der Waals surface area contributed by atoms with E-state index in [1.165, 1.54) is 0 Å². The molecule has 0 aliphatic rings. The van der Waals surface area contributed by atoms with Gasteiger partial charge in [-0.1, -0.05) is 32.0 Å². The highest BCUT2D eigenvalue weighted by atomic mass is 16.5. The minimum Gasteiger partial charge on any atom is -0.491 e. The number of rotatable bonds is 12. The second kappa shape index (κ2) is 11.8. The van der Waals surface area contributed by atoms with E-state index in [9.17, 15) is 9.59 Å². The molecule has 192 valence electrons. The zero-order valence-corrected chi connectivity index (χ0v) is 21.5. The Balaban J connectivity index is 1.37. The fourth-order valence-corrected chi connectivity index (χ4v) is 4.39. The molecule has 0 aliphatic heterocycles. The number of aliphatic carboxylic acids is 1. The maximum atomic E-state index is 12.3. The Morgan fingerprint density at radius 1 is 0.946 bits per heavy atom. The highest BCUT2D eigenvalue weighted by molar-refractivity contribution is 5.96. The zero-order chi connectivity index (χ0) is 26.4. The Hall–Kier alpha value is -4.06. The van der Waals surface area contributed by atoms with Gasteiger partial charge in [-0.15, -0.1) is 0 Å². The highest BCUT2D eigenvalue weighted by Crippen LogP contribution is 2.29. The van der Waals surface area contributed by atoms with Gasteiger partial charge in [0, 0.05) is 42.1 Å². The number of hydrogen-bond donors (Lipinski definition) is 1. The Labute approximate surface area is 217 Å². The van der Waals surface area contributed by atoms with E-state index < -0.39 is 5.97 Å². The van der Waals surface area contributed by atoms with Crippen LogP contribution in [0.2, 0.25) is 0 Å². The summed E-state index contributed by atoms with van der Waals surface area (Å²) in [7, 11) is 2.03. The minimum absolute atomic E-state index is 0.00522. The van der Waals surface area contributed by atoms with Gasteiger partial charge < -0.3 is 19.2 Å². The number of ether oxygens (including phenoxy) is 1. The standard InChI is InChI=1S/C31H33NO5/c1-21(2)27(32(3)25-15-11-22(12-16-25)28(33)8-6-10-31(34)35)20-36-26-17-13-23(14-18-26)30-19-24-7-4-5-9-29(24)37-30/h4-5,7,9,11-19,21,27H,6,8,10,20H2,1-3H3,(H,34,35)/t27-/m1/s1. The molecule has 1 N–H and O–H groups in total. The number of nitrogens with zero attached hydrogens (tertiary/aromatic N) is 1. The maximum Gasteiger partial charge on any atom is 0.303 e. The summed E-state index contributed by atoms with van der Waals surface area (Å²) in [5.41, 5.74) is 3.46. The van der Waals surface area contributed by atoms with Crippen LogP contribution in [0.3, 0.4) is 0 Å². The van der Waals surface area contributed by atoms with Crippen molar-refractivity contribution in [3.63, 3.8) is 0 Å². The molecule has 1 atom stereocenters. The van der Waals surface area contributed by atoms with Crippen LogP contribution in [-0.2, 0) is 4.79 Å². The van der Waals surface area contributed by atoms with Gasteiger partial charge in [0.1, 0.15) is 23.7 Å². The summed E-state index contributed by atoms with van der Waals surface area (Å²) < 4.78 is 12.1. The third-order valence-electron chi connectivity index (χ3n) is 6.64. The topological polar surface area (TPSA) is 80.0 Å². The van der Waals surface area contributed by atoms with Crippen LogP contribution in [0, 0.1) is 5.92 Å². The molecule has 0 saturated heterocycles. The van der Waals surface area contributed by atoms with Gasteiger partial charge in [-0.3, -0.25) is 9.59 Å². The molecule has 0 radical (unpaired) electrons. The van der Waals surface area contributed by atoms with E-state index in [2.05, 4.69) is 18.7 Å². The molecule has 0 bridgehead atoms. The Kier molecular flexibility index (Phi) is 8.29. The van der Waals surface area contributed by atoms with Crippen molar-refractivity contribution >= 4 is 28.4 Å². The van der Waals surface area contributed by atoms with Gasteiger partial charge in [0.2, 0.25) is 0 Å². The predicted molar refractivity (Wildman–Crippen MR) is 146 cm³/mol. The molecule has 4 rings (SSSR count). The molecule has 6 nitrogen and oxygen atoms in total. The van der Waals surface area contributed by atoms with Crippen LogP contribution in [0.25, 0.3) is 22.3 Å². The number of ketones is 1. The lowest BCUT2D eigenvalue weighted by molar-refractivity contribution is -0.137. The summed E-state index contributed by atoms with van der Waals surface area (Å²) in [6.45, 7) is 4.83. The van der Waals surface area contributed by atoms with Gasteiger partial charge >= 0.3 is 5.97 Å². The van der Waals surface area contributed by atoms with E-state index in [4.69, 9.17) is 14.3 Å². The van der Waals surface area contributed by atoms with Crippen molar-refractivity contribution in [2.24, 2.45) is 5.92 Å². The lowest BCUT2D eigenvalue weighted by Gasteiger charge is -2.33. The summed E-state index contributed by atoms with van der Waals surface area (Å²) in [6, 6.07) is 25.6. The Morgan fingerprint density at radius 2 is 1.65 bits per heavy atom. The summed E-state index contributed by atoms with van der Waals surface area (Å²) >= 11 is 0. The smallest absolute Gasteiger partial charge is 0.303 e. The van der Waals surface area contributed by atoms with E-state index in [0.717, 1.165) is 33.7 Å². The third-order valence-corrected chi connectivity index (χ3v) is 6.64. The van der Waals surface area contributed by atoms with E-state index in [0.29, 0.717) is 24.5 Å². The Bertz CT molecular complexity index is 1310. The molecule has 0 spiro atoms. The van der Waals surface area contributed by atoms with E-state index in [1.807, 2.05) is 85.9 Å². The fraction of sp³-hybridized carbons (Fsp3) is 0.290. The van der Waals surface area contributed by atoms with Crippen LogP contribution < -0.4 is 9.64 Å². The molecule has 4 aromatic rings. The molecule has 1 heterocycles. The molecular formula is C31H33NO5. The first-order valence-corrected chi connectivity index (χ1v) is 12.6. The number of Topliss-reactive ketones (excluding diaryl/α,β-unsaturated/α-hetero) is 1. The van der Waals surface area contributed by atoms with E-state index >= 15 is 0 Å². The number of anilines is 1. The maximum absolute atomic E-state index is 12.3. The number of para-hydroxylation sites is 1. The number of carbonyl (C=O) groups is 2. The normalized spacial score (nSPS) is 12.0. The van der Waals surface area contributed by atoms with Crippen molar-refractivity contribution in [1.82, 2.24) is 0 Å². The SMILES string of the molecule is CC(C)[C@@H](COc1ccc(-c2cc3ccccc3o2)cc1)N(C)c1ccc(C(=O)CCCC(=O)O)cc1. The third kappa shape index (κ3) is 6.58. The van der Waals surface area contributed by atoms with Crippen molar-refractivity contribution in [2.75, 3.05) is 18.6 Å². The quantitative estimate of drug-likeness (QED) is 0.210. The average molecular weight is 500 g/mol. The van der Waals surface area contributed by atoms with Gasteiger partial charge in [-0.05, 0) is 73.0 Å². The van der Waals surface area contributed by atoms with Crippen LogP contribution in [0.1, 0.15) is 43.5 Å². The predicted octanol–water partition coefficient (Wildman–Crippen LogP) is 7.08. The summed E-state index contributed by atoms with van der Waals surface area (Å²) in [4.78, 5) is 25.2. The molecule has 37 heavy (non-hydrogen) atoms. The van der Waals surface area contributed by atoms with Crippen molar-refractivity contribution in [2.45, 2.75) is 39.2 Å². The molecule has 0 saturated carbocycles. The fourth-order valence-electron chi connectivity index (χ4n) is 4.39. The van der Waals surface area contributed by atoms with Crippen LogP contribution in [0.5, 0.6) is 5.75 Å². The summed E-state index contributed by atoms with van der Waals surface area (Å²) in [5, 5.41) is 9.84. The lowest BCUT2D eigenvalue weighted by atomic mass is 10.0. The van der Waals surface area contributed by atoms with Crippen molar-refractivity contribution in [3.8, 4) is 17.1 Å². The molecule has 6 heteroatoms. The van der Waals surface area contributed by atoms with Crippen molar-refractivity contribution in [1.29, 1.82) is 0 Å². The number of fused-ring (bicyclic) bond motifs is 1. The number of carboxylic acid groups (broad SMARTS) is 1. The van der Waals surface area contributed by atoms with Gasteiger partial charge in [-0.25, -0.2) is 0 Å². The number of carbonyl (C=O) groups excluding carboxylic acids is 1. The van der Waals surface area contributed by atoms with Gasteiger partial charge in [0.15, 0.2) is 5.78 Å². The number of likely N-dealkylation sites (N-methyl/N-ethyl adjacent to an activating group) is 1. The molecule has 0 unspecified atom stereocenters. The van der Waals surface area contributed by atoms with E-state index in [1.54, 1.807) is 0 Å². The molecule has 0 fully saturated rings. The monoisotopic (exact) mass is 499 g/mol. The number of benzene rings is 3. The first-order valence-electron chi connectivity index (χ1n) is 12.6. The van der Waals surface area contributed by atoms with Gasteiger partial charge in [0.05, 0.1) is 6.04 Å². The van der Waals surface area contributed by atoms with Crippen LogP contribution in [0.15, 0.2) is 83.3 Å². The second-order valence-electron chi connectivity index (χ2n) is 9.62. The second-order valence-corrected chi connectivity index (χ2v) is 9.62. The average Bonchev–Trinajstić information content (AvgIpc) is 3.33. The summed E-state index contributed by atoms with van der Waals surface area (Å²) in [6.07, 6.45) is 0.589. The number of hydrogen-bond acceptors (Lipinski definition) is 5. The largest absolute Gasteiger partial charge is 0.491 e. The lowest BCUT2D eigenvalue weighted by Crippen LogP contribution is -2.40. The molecule has 0 amide bonds. The molecule has 3 aromatic carbocycles. The van der Waals surface area contributed by atoms with Crippen molar-refractivity contribution in [3.05, 3.63) is 84.4 Å². The molecular weight excluding hydrogens is 466 g/mol. The first-order chi connectivity index (χ1) is 17.8. The number of carboxylic acids is 1. The zero-order valence-electron chi connectivity index (χ0n) is 21.5. The summed E-state index contributed by atoms with van der Waals surface area (Å²) in [5.74, 6) is 1.04. The minimum atomic E-state index is -0.881.